The van der Waals surface area contributed by atoms with Crippen molar-refractivity contribution in [2.24, 2.45) is 5.92 Å². The first-order chi connectivity index (χ1) is 7.40. The van der Waals surface area contributed by atoms with Crippen LogP contribution in [0.4, 0.5) is 0 Å². The van der Waals surface area contributed by atoms with E-state index >= 15 is 0 Å². The van der Waals surface area contributed by atoms with Gasteiger partial charge in [-0.15, -0.1) is 0 Å². The Bertz CT molecular complexity index is 254. The molecule has 0 aromatic carbocycles. The first kappa shape index (κ1) is 13.3. The Morgan fingerprint density at radius 3 is 2.25 bits per heavy atom. The van der Waals surface area contributed by atoms with Crippen molar-refractivity contribution in [2.45, 2.75) is 44.4 Å². The molecule has 0 aromatic heterocycles. The molecule has 1 rings (SSSR count). The number of aliphatic hydroxyl groups is 2. The van der Waals surface area contributed by atoms with Crippen LogP contribution in [0.2, 0.25) is 0 Å². The minimum absolute atomic E-state index is 0.179. The summed E-state index contributed by atoms with van der Waals surface area (Å²) in [6.45, 7) is 3.44. The van der Waals surface area contributed by atoms with E-state index in [9.17, 15) is 15.0 Å². The first-order valence-electron chi connectivity index (χ1n) is 4.94. The number of ether oxygens (including phenoxy) is 1. The molecule has 16 heavy (non-hydrogen) atoms. The van der Waals surface area contributed by atoms with E-state index in [1.54, 1.807) is 13.8 Å². The number of hydrogen-bond acceptors (Lipinski definition) is 6. The maximum atomic E-state index is 10.8. The fraction of sp³-hybridized carbons (Fsp3) is 0.889. The van der Waals surface area contributed by atoms with Crippen molar-refractivity contribution in [3.63, 3.8) is 0 Å². The molecule has 94 valence electrons. The predicted molar refractivity (Wildman–Crippen MR) is 50.7 cm³/mol. The van der Waals surface area contributed by atoms with E-state index in [2.05, 4.69) is 4.89 Å². The van der Waals surface area contributed by atoms with Crippen LogP contribution in [0.15, 0.2) is 0 Å². The third kappa shape index (κ3) is 2.33. The van der Waals surface area contributed by atoms with E-state index in [-0.39, 0.29) is 5.92 Å². The van der Waals surface area contributed by atoms with Gasteiger partial charge < -0.3 is 20.1 Å². The molecule has 1 heterocycles. The van der Waals surface area contributed by atoms with Gasteiger partial charge in [0.05, 0.1) is 6.10 Å². The molecule has 0 aromatic rings. The van der Waals surface area contributed by atoms with Crippen molar-refractivity contribution >= 4 is 5.97 Å². The maximum Gasteiger partial charge on any atom is 0.335 e. The number of carboxylic acids is 1. The summed E-state index contributed by atoms with van der Waals surface area (Å²) in [6, 6.07) is 0. The lowest BCUT2D eigenvalue weighted by atomic mass is 9.89. The van der Waals surface area contributed by atoms with Crippen LogP contribution < -0.4 is 0 Å². The lowest BCUT2D eigenvalue weighted by Gasteiger charge is -2.41. The second kappa shape index (κ2) is 5.07. The molecule has 0 unspecified atom stereocenters. The average molecular weight is 236 g/mol. The molecule has 1 fully saturated rings. The molecular weight excluding hydrogens is 220 g/mol. The third-order valence-corrected chi connectivity index (χ3v) is 2.65. The predicted octanol–water partition coefficient (Wildman–Crippen LogP) is -0.926. The van der Waals surface area contributed by atoms with E-state index in [0.29, 0.717) is 0 Å². The maximum absolute atomic E-state index is 10.8. The van der Waals surface area contributed by atoms with Crippen LogP contribution >= 0.6 is 0 Å². The first-order valence-corrected chi connectivity index (χ1v) is 4.94. The van der Waals surface area contributed by atoms with Gasteiger partial charge in [0.15, 0.2) is 6.10 Å². The van der Waals surface area contributed by atoms with Gasteiger partial charge in [-0.1, -0.05) is 13.8 Å². The molecule has 7 nitrogen and oxygen atoms in total. The van der Waals surface area contributed by atoms with Gasteiger partial charge in [0.2, 0.25) is 0 Å². The summed E-state index contributed by atoms with van der Waals surface area (Å²) in [4.78, 5) is 14.8. The van der Waals surface area contributed by atoms with Crippen LogP contribution in [0.3, 0.4) is 0 Å². The molecule has 0 amide bonds. The lowest BCUT2D eigenvalue weighted by molar-refractivity contribution is -0.352. The van der Waals surface area contributed by atoms with E-state index in [0.717, 1.165) is 0 Å². The van der Waals surface area contributed by atoms with E-state index in [4.69, 9.17) is 15.1 Å². The van der Waals surface area contributed by atoms with E-state index in [1.807, 2.05) is 0 Å². The SMILES string of the molecule is CC(C)[C@@H]1O[C@H](C(=O)O)[C@H](O)[C@H](O)[C@H]1OO. The van der Waals surface area contributed by atoms with Crippen LogP contribution in [0.25, 0.3) is 0 Å². The fourth-order valence-electron chi connectivity index (χ4n) is 1.76. The molecule has 0 saturated carbocycles. The Morgan fingerprint density at radius 1 is 1.31 bits per heavy atom. The van der Waals surface area contributed by atoms with Crippen molar-refractivity contribution in [1.29, 1.82) is 0 Å². The minimum Gasteiger partial charge on any atom is -0.479 e. The Morgan fingerprint density at radius 2 is 1.88 bits per heavy atom. The second-order valence-corrected chi connectivity index (χ2v) is 4.15. The number of hydrogen-bond donors (Lipinski definition) is 4. The topological polar surface area (TPSA) is 116 Å². The highest BCUT2D eigenvalue weighted by molar-refractivity contribution is 5.73. The Labute approximate surface area is 92.1 Å². The van der Waals surface area contributed by atoms with Crippen LogP contribution in [0.1, 0.15) is 13.8 Å². The van der Waals surface area contributed by atoms with Gasteiger partial charge in [-0.25, -0.2) is 9.68 Å². The normalized spacial score (nSPS) is 40.0. The van der Waals surface area contributed by atoms with Gasteiger partial charge in [-0.3, -0.25) is 5.26 Å². The van der Waals surface area contributed by atoms with Gasteiger partial charge in [-0.05, 0) is 5.92 Å². The molecule has 1 aliphatic rings. The van der Waals surface area contributed by atoms with Crippen LogP contribution in [0.5, 0.6) is 0 Å². The monoisotopic (exact) mass is 236 g/mol. The number of aliphatic hydroxyl groups excluding tert-OH is 2. The highest BCUT2D eigenvalue weighted by Gasteiger charge is 2.49. The molecule has 7 heteroatoms. The second-order valence-electron chi connectivity index (χ2n) is 4.15. The van der Waals surface area contributed by atoms with Gasteiger partial charge in [-0.2, -0.15) is 0 Å². The van der Waals surface area contributed by atoms with Gasteiger partial charge in [0.1, 0.15) is 18.3 Å². The van der Waals surface area contributed by atoms with Crippen LogP contribution in [-0.2, 0) is 14.4 Å². The summed E-state index contributed by atoms with van der Waals surface area (Å²) in [5.74, 6) is -1.55. The molecule has 1 aliphatic heterocycles. The Balaban J connectivity index is 2.90. The molecule has 0 radical (unpaired) electrons. The summed E-state index contributed by atoms with van der Waals surface area (Å²) in [7, 11) is 0. The highest BCUT2D eigenvalue weighted by Crippen LogP contribution is 2.27. The molecule has 0 spiro atoms. The number of rotatable bonds is 3. The quantitative estimate of drug-likeness (QED) is 0.369. The fourth-order valence-corrected chi connectivity index (χ4v) is 1.76. The smallest absolute Gasteiger partial charge is 0.335 e. The van der Waals surface area contributed by atoms with Crippen LogP contribution in [-0.4, -0.2) is 57.1 Å². The zero-order valence-corrected chi connectivity index (χ0v) is 8.98. The summed E-state index contributed by atoms with van der Waals surface area (Å²) < 4.78 is 5.10. The average Bonchev–Trinajstić information content (AvgIpc) is 2.20. The summed E-state index contributed by atoms with van der Waals surface area (Å²) in [5.41, 5.74) is 0. The van der Waals surface area contributed by atoms with Crippen molar-refractivity contribution in [3.05, 3.63) is 0 Å². The molecule has 4 N–H and O–H groups in total. The van der Waals surface area contributed by atoms with E-state index in [1.165, 1.54) is 0 Å². The standard InChI is InChI=1S/C9H16O7/c1-3(2)6-7(16-14)4(10)5(11)8(15-6)9(12)13/h3-8,10-11,14H,1-2H3,(H,12,13)/t4-,5+,6-,7+,8-/m0/s1. The lowest BCUT2D eigenvalue weighted by Crippen LogP contribution is -2.61. The number of carbonyl (C=O) groups is 1. The van der Waals surface area contributed by atoms with Crippen molar-refractivity contribution in [3.8, 4) is 0 Å². The van der Waals surface area contributed by atoms with Gasteiger partial charge in [0.25, 0.3) is 0 Å². The largest absolute Gasteiger partial charge is 0.479 e. The van der Waals surface area contributed by atoms with Crippen LogP contribution in [0, 0.1) is 5.92 Å². The molecule has 0 bridgehead atoms. The summed E-state index contributed by atoms with van der Waals surface area (Å²) in [6.07, 6.45) is -6.62. The molecule has 5 atom stereocenters. The molecule has 1 saturated heterocycles. The summed E-state index contributed by atoms with van der Waals surface area (Å²) >= 11 is 0. The zero-order chi connectivity index (χ0) is 12.5. The molecular formula is C9H16O7. The Hall–Kier alpha value is -0.730. The number of carboxylic acid groups (broad SMARTS) is 1. The van der Waals surface area contributed by atoms with Gasteiger partial charge >= 0.3 is 5.97 Å². The van der Waals surface area contributed by atoms with E-state index < -0.39 is 36.5 Å². The minimum atomic E-state index is -1.63. The van der Waals surface area contributed by atoms with Crippen molar-refractivity contribution < 1.29 is 35.0 Å². The Kier molecular flexibility index (Phi) is 4.22. The zero-order valence-electron chi connectivity index (χ0n) is 8.98. The molecule has 0 aliphatic carbocycles. The third-order valence-electron chi connectivity index (χ3n) is 2.65. The summed E-state index contributed by atoms with van der Waals surface area (Å²) in [5, 5.41) is 36.5. The number of aliphatic carboxylic acids is 1. The highest BCUT2D eigenvalue weighted by atomic mass is 17.1. The van der Waals surface area contributed by atoms with Crippen molar-refractivity contribution in [1.82, 2.24) is 0 Å². The van der Waals surface area contributed by atoms with Crippen molar-refractivity contribution in [2.75, 3.05) is 0 Å². The van der Waals surface area contributed by atoms with Gasteiger partial charge in [0, 0.05) is 0 Å².